The van der Waals surface area contributed by atoms with Crippen molar-refractivity contribution in [1.29, 1.82) is 0 Å². The average molecular weight is 467 g/mol. The summed E-state index contributed by atoms with van der Waals surface area (Å²) in [4.78, 5) is 17.3. The van der Waals surface area contributed by atoms with Gasteiger partial charge in [0.2, 0.25) is 6.29 Å². The number of hydrogen-bond donors (Lipinski definition) is 1. The van der Waals surface area contributed by atoms with Crippen molar-refractivity contribution in [1.82, 2.24) is 9.80 Å². The number of carbonyl (C=O) groups excluding carboxylic acids is 1. The third-order valence-electron chi connectivity index (χ3n) is 5.67. The van der Waals surface area contributed by atoms with Crippen LogP contribution in [0.5, 0.6) is 0 Å². The number of hydrogen-bond acceptors (Lipinski definition) is 5. The molecule has 1 N–H and O–H groups in total. The monoisotopic (exact) mass is 466 g/mol. The number of likely N-dealkylation sites (N-methyl/N-ethyl adjacent to an activating group) is 1. The summed E-state index contributed by atoms with van der Waals surface area (Å²) in [6.45, 7) is 5.69. The summed E-state index contributed by atoms with van der Waals surface area (Å²) in [6, 6.07) is 8.17. The number of nitrogens with zero attached hydrogens (tertiary/aromatic N) is 2. The van der Waals surface area contributed by atoms with Gasteiger partial charge in [-0.1, -0.05) is 28.1 Å². The van der Waals surface area contributed by atoms with Crippen LogP contribution >= 0.6 is 15.9 Å². The Bertz CT molecular complexity index is 701. The van der Waals surface area contributed by atoms with Gasteiger partial charge in [-0.05, 0) is 50.6 Å². The van der Waals surface area contributed by atoms with Crippen molar-refractivity contribution in [3.8, 4) is 0 Å². The number of rotatable bonds is 7. The normalized spacial score (nSPS) is 25.4. The minimum absolute atomic E-state index is 0.00800. The lowest BCUT2D eigenvalue weighted by molar-refractivity contribution is -0.170. The molecular weight excluding hydrogens is 436 g/mol. The van der Waals surface area contributed by atoms with Crippen LogP contribution in [0.2, 0.25) is 0 Å². The summed E-state index contributed by atoms with van der Waals surface area (Å²) >= 11 is 3.49. The Labute approximate surface area is 181 Å². The minimum Gasteiger partial charge on any atom is -0.459 e. The fourth-order valence-corrected chi connectivity index (χ4v) is 4.25. The maximum Gasteiger partial charge on any atom is 0.288 e. The number of allylic oxidation sites excluding steroid dienone is 1. The van der Waals surface area contributed by atoms with Crippen LogP contribution in [0.15, 0.2) is 40.6 Å². The summed E-state index contributed by atoms with van der Waals surface area (Å²) in [5.41, 5.74) is 1.12. The van der Waals surface area contributed by atoms with Crippen molar-refractivity contribution >= 4 is 21.8 Å². The molecule has 1 saturated heterocycles. The molecule has 2 heterocycles. The highest BCUT2D eigenvalue weighted by atomic mass is 79.9. The molecule has 6 nitrogen and oxygen atoms in total. The highest BCUT2D eigenvalue weighted by molar-refractivity contribution is 9.10. The molecule has 1 amide bonds. The zero-order chi connectivity index (χ0) is 20.8. The molecule has 3 atom stereocenters. The lowest BCUT2D eigenvalue weighted by Crippen LogP contribution is -2.49. The quantitative estimate of drug-likeness (QED) is 0.668. The first-order valence-electron chi connectivity index (χ1n) is 10.4. The molecule has 0 radical (unpaired) electrons. The lowest BCUT2D eigenvalue weighted by Gasteiger charge is -2.39. The van der Waals surface area contributed by atoms with Gasteiger partial charge in [-0.3, -0.25) is 4.79 Å². The highest BCUT2D eigenvalue weighted by Crippen LogP contribution is 2.40. The Morgan fingerprint density at radius 3 is 2.55 bits per heavy atom. The van der Waals surface area contributed by atoms with Gasteiger partial charge in [0.25, 0.3) is 5.91 Å². The number of aliphatic hydroxyl groups excluding tert-OH is 1. The van der Waals surface area contributed by atoms with Gasteiger partial charge in [-0.25, -0.2) is 0 Å². The topological polar surface area (TPSA) is 62.2 Å². The predicted molar refractivity (Wildman–Crippen MR) is 115 cm³/mol. The molecular formula is C22H31BrN2O4. The van der Waals surface area contributed by atoms with Crippen LogP contribution in [0.1, 0.15) is 31.2 Å². The van der Waals surface area contributed by atoms with Gasteiger partial charge in [-0.2, -0.15) is 0 Å². The summed E-state index contributed by atoms with van der Waals surface area (Å²) in [5.74, 6) is 0.338. The van der Waals surface area contributed by atoms with Crippen LogP contribution in [-0.2, 0) is 14.3 Å². The first kappa shape index (κ1) is 22.3. The zero-order valence-corrected chi connectivity index (χ0v) is 18.8. The molecule has 0 aliphatic carbocycles. The van der Waals surface area contributed by atoms with Gasteiger partial charge in [0, 0.05) is 55.7 Å². The number of ether oxygens (including phenoxy) is 2. The van der Waals surface area contributed by atoms with Crippen molar-refractivity contribution in [2.75, 3.05) is 46.4 Å². The highest BCUT2D eigenvalue weighted by Gasteiger charge is 2.39. The molecule has 1 fully saturated rings. The third-order valence-corrected chi connectivity index (χ3v) is 6.20. The molecule has 0 unspecified atom stereocenters. The van der Waals surface area contributed by atoms with E-state index in [1.165, 1.54) is 0 Å². The number of amides is 1. The Morgan fingerprint density at radius 2 is 1.93 bits per heavy atom. The maximum absolute atomic E-state index is 13.2. The fraction of sp³-hybridized carbons (Fsp3) is 0.591. The molecule has 7 heteroatoms. The molecule has 0 aromatic heterocycles. The molecule has 29 heavy (non-hydrogen) atoms. The zero-order valence-electron chi connectivity index (χ0n) is 17.2. The standard InChI is InChI=1S/C22H31BrN2O4/c1-3-28-22-18(5-4-14-26)19(16-6-8-17(23)9-7-16)15-20(29-22)21(27)25-12-10-24(2)11-13-25/h6-9,15,18-19,22,26H,3-5,10-14H2,1-2H3/t18-,19-,22-/m0/s1. The first-order chi connectivity index (χ1) is 14.0. The second-order valence-corrected chi connectivity index (χ2v) is 8.59. The number of benzene rings is 1. The molecule has 2 aliphatic rings. The number of carbonyl (C=O) groups is 1. The van der Waals surface area contributed by atoms with E-state index in [2.05, 4.69) is 40.0 Å². The van der Waals surface area contributed by atoms with Crippen molar-refractivity contribution in [2.45, 2.75) is 32.0 Å². The summed E-state index contributed by atoms with van der Waals surface area (Å²) in [6.07, 6.45) is 2.88. The number of aliphatic hydroxyl groups is 1. The fourth-order valence-electron chi connectivity index (χ4n) is 3.99. The average Bonchev–Trinajstić information content (AvgIpc) is 2.73. The molecule has 1 aromatic rings. The van der Waals surface area contributed by atoms with E-state index in [4.69, 9.17) is 9.47 Å². The van der Waals surface area contributed by atoms with Gasteiger partial charge in [0.1, 0.15) is 0 Å². The SMILES string of the molecule is CCO[C@H]1OC(C(=O)N2CCN(C)CC2)=C[C@@H](c2ccc(Br)cc2)[C@@H]1CCCO. The van der Waals surface area contributed by atoms with Crippen molar-refractivity contribution in [3.63, 3.8) is 0 Å². The van der Waals surface area contributed by atoms with Gasteiger partial charge >= 0.3 is 0 Å². The Kier molecular flexibility index (Phi) is 8.12. The first-order valence-corrected chi connectivity index (χ1v) is 11.2. The largest absolute Gasteiger partial charge is 0.459 e. The van der Waals surface area contributed by atoms with Crippen LogP contribution in [0, 0.1) is 5.92 Å². The molecule has 0 spiro atoms. The van der Waals surface area contributed by atoms with E-state index < -0.39 is 6.29 Å². The summed E-state index contributed by atoms with van der Waals surface area (Å²) < 4.78 is 13.0. The smallest absolute Gasteiger partial charge is 0.288 e. The van der Waals surface area contributed by atoms with E-state index in [9.17, 15) is 9.90 Å². The maximum atomic E-state index is 13.2. The van der Waals surface area contributed by atoms with E-state index in [0.717, 1.165) is 29.5 Å². The van der Waals surface area contributed by atoms with Crippen LogP contribution in [0.4, 0.5) is 0 Å². The van der Waals surface area contributed by atoms with Gasteiger partial charge in [0.05, 0.1) is 0 Å². The number of piperazine rings is 1. The van der Waals surface area contributed by atoms with Crippen LogP contribution in [0.25, 0.3) is 0 Å². The minimum atomic E-state index is -0.503. The molecule has 3 rings (SSSR count). The number of halogens is 1. The molecule has 0 bridgehead atoms. The second-order valence-electron chi connectivity index (χ2n) is 7.68. The van der Waals surface area contributed by atoms with E-state index in [1.807, 2.05) is 30.0 Å². The van der Waals surface area contributed by atoms with E-state index >= 15 is 0 Å². The van der Waals surface area contributed by atoms with E-state index in [0.29, 0.717) is 31.9 Å². The predicted octanol–water partition coefficient (Wildman–Crippen LogP) is 2.97. The molecule has 160 valence electrons. The van der Waals surface area contributed by atoms with Crippen LogP contribution in [-0.4, -0.2) is 73.5 Å². The van der Waals surface area contributed by atoms with Crippen molar-refractivity contribution in [2.24, 2.45) is 5.92 Å². The second kappa shape index (κ2) is 10.6. The van der Waals surface area contributed by atoms with E-state index in [1.54, 1.807) is 0 Å². The van der Waals surface area contributed by atoms with Gasteiger partial charge < -0.3 is 24.4 Å². The van der Waals surface area contributed by atoms with Crippen molar-refractivity contribution < 1.29 is 19.4 Å². The lowest BCUT2D eigenvalue weighted by atomic mass is 9.80. The molecule has 2 aliphatic heterocycles. The Morgan fingerprint density at radius 1 is 1.24 bits per heavy atom. The van der Waals surface area contributed by atoms with Crippen LogP contribution in [0.3, 0.4) is 0 Å². The van der Waals surface area contributed by atoms with Gasteiger partial charge in [-0.15, -0.1) is 0 Å². The molecule has 1 aromatic carbocycles. The van der Waals surface area contributed by atoms with Crippen LogP contribution < -0.4 is 0 Å². The van der Waals surface area contributed by atoms with E-state index in [-0.39, 0.29) is 24.3 Å². The van der Waals surface area contributed by atoms with Crippen molar-refractivity contribution in [3.05, 3.63) is 46.1 Å². The Hall–Kier alpha value is -1.41. The summed E-state index contributed by atoms with van der Waals surface area (Å²) in [7, 11) is 2.07. The van der Waals surface area contributed by atoms with Gasteiger partial charge in [0.15, 0.2) is 5.76 Å². The summed E-state index contributed by atoms with van der Waals surface area (Å²) in [5, 5.41) is 9.37. The molecule has 0 saturated carbocycles. The Balaban J connectivity index is 1.90. The third kappa shape index (κ3) is 5.60.